The molecule has 0 spiro atoms. The van der Waals surface area contributed by atoms with Gasteiger partial charge in [-0.3, -0.25) is 14.4 Å². The summed E-state index contributed by atoms with van der Waals surface area (Å²) in [6, 6.07) is 5.53. The van der Waals surface area contributed by atoms with Gasteiger partial charge in [0.05, 0.1) is 24.1 Å². The molecule has 0 radical (unpaired) electrons. The van der Waals surface area contributed by atoms with Crippen LogP contribution in [0.1, 0.15) is 42.5 Å². The molecule has 2 fully saturated rings. The number of ether oxygens (including phenoxy) is 1. The summed E-state index contributed by atoms with van der Waals surface area (Å²) < 4.78 is 20.5. The number of halogens is 1. The number of pyridine rings is 1. The number of primary amides is 1. The third-order valence-electron chi connectivity index (χ3n) is 6.47. The van der Waals surface area contributed by atoms with E-state index in [1.165, 1.54) is 12.3 Å². The first kappa shape index (κ1) is 21.2. The molecule has 1 amide bonds. The zero-order valence-electron chi connectivity index (χ0n) is 17.4. The van der Waals surface area contributed by atoms with Crippen LogP contribution in [0.5, 0.6) is 0 Å². The van der Waals surface area contributed by atoms with Crippen LogP contribution in [0.4, 0.5) is 15.9 Å². The summed E-state index contributed by atoms with van der Waals surface area (Å²) in [6.07, 6.45) is 6.91. The molecule has 164 valence electrons. The molecule has 0 atom stereocenters. The molecule has 3 heterocycles. The molecule has 31 heavy (non-hydrogen) atoms. The number of hydrogen-bond acceptors (Lipinski definition) is 7. The number of likely N-dealkylation sites (tertiary alicyclic amines) is 1. The fraction of sp³-hybridized carbons (Fsp3) is 0.524. The van der Waals surface area contributed by atoms with E-state index in [4.69, 9.17) is 10.5 Å². The van der Waals surface area contributed by atoms with Gasteiger partial charge in [-0.2, -0.15) is 14.8 Å². The van der Waals surface area contributed by atoms with Gasteiger partial charge in [-0.15, -0.1) is 0 Å². The van der Waals surface area contributed by atoms with Gasteiger partial charge >= 0.3 is 0 Å². The lowest BCUT2D eigenvalue weighted by molar-refractivity contribution is -0.0642. The van der Waals surface area contributed by atoms with Crippen LogP contribution < -0.4 is 11.1 Å². The van der Waals surface area contributed by atoms with Gasteiger partial charge in [-0.25, -0.2) is 4.98 Å². The molecule has 1 saturated carbocycles. The topological polar surface area (TPSA) is 122 Å². The maximum absolute atomic E-state index is 13.5. The maximum Gasteiger partial charge on any atom is 0.254 e. The largest absolute Gasteiger partial charge is 0.379 e. The van der Waals surface area contributed by atoms with Crippen molar-refractivity contribution in [3.05, 3.63) is 36.0 Å². The predicted molar refractivity (Wildman–Crippen MR) is 111 cm³/mol. The molecule has 2 aromatic heterocycles. The Hall–Kier alpha value is -3.03. The highest BCUT2D eigenvalue weighted by molar-refractivity contribution is 5.98. The minimum Gasteiger partial charge on any atom is -0.379 e. The monoisotopic (exact) mass is 427 g/mol. The summed E-state index contributed by atoms with van der Waals surface area (Å²) >= 11 is 0. The first-order valence-electron chi connectivity index (χ1n) is 10.4. The van der Waals surface area contributed by atoms with Crippen LogP contribution in [0, 0.1) is 17.3 Å². The van der Waals surface area contributed by atoms with Crippen molar-refractivity contribution in [3.8, 4) is 6.07 Å². The number of anilines is 2. The Morgan fingerprint density at radius 2 is 2.19 bits per heavy atom. The summed E-state index contributed by atoms with van der Waals surface area (Å²) in [5, 5.41) is 17.1. The second-order valence-electron chi connectivity index (χ2n) is 8.29. The van der Waals surface area contributed by atoms with Crippen molar-refractivity contribution >= 4 is 17.4 Å². The molecule has 1 aliphatic carbocycles. The molecule has 0 aromatic carbocycles. The first-order chi connectivity index (χ1) is 14.9. The van der Waals surface area contributed by atoms with Gasteiger partial charge in [0.15, 0.2) is 5.82 Å². The van der Waals surface area contributed by atoms with E-state index < -0.39 is 17.4 Å². The van der Waals surface area contributed by atoms with Gasteiger partial charge in [-0.1, -0.05) is 0 Å². The summed E-state index contributed by atoms with van der Waals surface area (Å²) in [4.78, 5) is 18.0. The minimum absolute atomic E-state index is 0.197. The lowest BCUT2D eigenvalue weighted by atomic mass is 9.76. The summed E-state index contributed by atoms with van der Waals surface area (Å²) in [5.74, 6) is -1.05. The Balaban J connectivity index is 1.56. The highest BCUT2D eigenvalue weighted by atomic mass is 19.1. The molecule has 1 saturated heterocycles. The van der Waals surface area contributed by atoms with Crippen molar-refractivity contribution in [1.29, 1.82) is 5.26 Å². The van der Waals surface area contributed by atoms with Crippen molar-refractivity contribution in [3.63, 3.8) is 0 Å². The number of rotatable bonds is 7. The fourth-order valence-corrected chi connectivity index (χ4v) is 4.56. The van der Waals surface area contributed by atoms with E-state index in [0.717, 1.165) is 38.8 Å². The van der Waals surface area contributed by atoms with E-state index >= 15 is 0 Å². The van der Waals surface area contributed by atoms with E-state index in [2.05, 4.69) is 26.4 Å². The van der Waals surface area contributed by atoms with E-state index in [1.54, 1.807) is 24.1 Å². The molecule has 2 aromatic rings. The van der Waals surface area contributed by atoms with Gasteiger partial charge in [0.25, 0.3) is 5.91 Å². The number of carbonyl (C=O) groups excluding carboxylic acids is 1. The number of carbonyl (C=O) groups is 1. The second-order valence-corrected chi connectivity index (χ2v) is 8.29. The van der Waals surface area contributed by atoms with Crippen LogP contribution in [-0.2, 0) is 10.3 Å². The third kappa shape index (κ3) is 4.24. The normalized spacial score (nSPS) is 24.4. The standard InChI is InChI=1S/C21H26FN7O2/c1-31-16-11-28(12-16)15-2-5-21(6-3-15,7-8-23)29-13-17(19(24)30)20(27-29)26-14-4-9-25-18(22)10-14/h4,9-10,13,15-16H,2-3,5-7,11-12H2,1H3,(H2,24,30)(H,25,26,27). The van der Waals surface area contributed by atoms with Gasteiger partial charge in [0.1, 0.15) is 5.56 Å². The van der Waals surface area contributed by atoms with E-state index in [1.807, 2.05) is 0 Å². The number of nitrogens with two attached hydrogens (primary N) is 1. The number of nitrogens with one attached hydrogen (secondary N) is 1. The quantitative estimate of drug-likeness (QED) is 0.649. The lowest BCUT2D eigenvalue weighted by Gasteiger charge is -2.48. The minimum atomic E-state index is -0.647. The first-order valence-corrected chi connectivity index (χ1v) is 10.4. The van der Waals surface area contributed by atoms with Gasteiger partial charge in [0, 0.05) is 50.4 Å². The predicted octanol–water partition coefficient (Wildman–Crippen LogP) is 2.14. The summed E-state index contributed by atoms with van der Waals surface area (Å²) in [5.41, 5.74) is 5.66. The van der Waals surface area contributed by atoms with Crippen molar-refractivity contribution in [2.45, 2.75) is 49.8 Å². The van der Waals surface area contributed by atoms with Crippen molar-refractivity contribution < 1.29 is 13.9 Å². The molecule has 3 N–H and O–H groups in total. The van der Waals surface area contributed by atoms with Crippen LogP contribution in [0.3, 0.4) is 0 Å². The molecule has 4 rings (SSSR count). The zero-order chi connectivity index (χ0) is 22.0. The highest BCUT2D eigenvalue weighted by Crippen LogP contribution is 2.41. The molecular formula is C21H26FN7O2. The Bertz CT molecular complexity index is 988. The van der Waals surface area contributed by atoms with Crippen LogP contribution in [0.2, 0.25) is 0 Å². The second kappa shape index (κ2) is 8.61. The maximum atomic E-state index is 13.5. The van der Waals surface area contributed by atoms with Gasteiger partial charge in [-0.05, 0) is 31.7 Å². The Morgan fingerprint density at radius 3 is 2.81 bits per heavy atom. The number of hydrogen-bond donors (Lipinski definition) is 2. The number of aromatic nitrogens is 3. The molecule has 0 unspecified atom stereocenters. The van der Waals surface area contributed by atoms with E-state index in [-0.39, 0.29) is 17.8 Å². The fourth-order valence-electron chi connectivity index (χ4n) is 4.56. The number of nitriles is 1. The molecule has 10 heteroatoms. The van der Waals surface area contributed by atoms with Crippen molar-refractivity contribution in [1.82, 2.24) is 19.7 Å². The van der Waals surface area contributed by atoms with Crippen LogP contribution >= 0.6 is 0 Å². The van der Waals surface area contributed by atoms with E-state index in [9.17, 15) is 14.4 Å². The van der Waals surface area contributed by atoms with Crippen LogP contribution in [0.15, 0.2) is 24.5 Å². The number of methoxy groups -OCH3 is 1. The van der Waals surface area contributed by atoms with Crippen LogP contribution in [-0.4, -0.2) is 57.9 Å². The SMILES string of the molecule is COC1CN(C2CCC(CC#N)(n3cc(C(N)=O)c(Nc4ccnc(F)c4)n3)CC2)C1. The molecule has 1 aliphatic heterocycles. The Kier molecular flexibility index (Phi) is 5.89. The smallest absolute Gasteiger partial charge is 0.254 e. The summed E-state index contributed by atoms with van der Waals surface area (Å²) in [7, 11) is 1.74. The number of amides is 1. The molecular weight excluding hydrogens is 401 g/mol. The zero-order valence-corrected chi connectivity index (χ0v) is 17.4. The molecule has 9 nitrogen and oxygen atoms in total. The van der Waals surface area contributed by atoms with Gasteiger partial charge < -0.3 is 15.8 Å². The third-order valence-corrected chi connectivity index (χ3v) is 6.47. The van der Waals surface area contributed by atoms with Crippen molar-refractivity contribution in [2.24, 2.45) is 5.73 Å². The number of nitrogens with zero attached hydrogens (tertiary/aromatic N) is 5. The van der Waals surface area contributed by atoms with Gasteiger partial charge in [0.2, 0.25) is 5.95 Å². The lowest BCUT2D eigenvalue weighted by Crippen LogP contribution is -2.57. The Morgan fingerprint density at radius 1 is 1.45 bits per heavy atom. The van der Waals surface area contributed by atoms with E-state index in [0.29, 0.717) is 17.8 Å². The Labute approximate surface area is 180 Å². The van der Waals surface area contributed by atoms with Crippen molar-refractivity contribution in [2.75, 3.05) is 25.5 Å². The van der Waals surface area contributed by atoms with Crippen LogP contribution in [0.25, 0.3) is 0 Å². The molecule has 0 bridgehead atoms. The average molecular weight is 427 g/mol. The molecule has 2 aliphatic rings. The highest BCUT2D eigenvalue weighted by Gasteiger charge is 2.42. The summed E-state index contributed by atoms with van der Waals surface area (Å²) in [6.45, 7) is 1.88. The average Bonchev–Trinajstić information content (AvgIpc) is 3.13.